The van der Waals surface area contributed by atoms with Crippen LogP contribution < -0.4 is 5.19 Å². The normalized spacial score (nSPS) is 11.4. The molecule has 1 rings (SSSR count). The van der Waals surface area contributed by atoms with Gasteiger partial charge in [-0.05, 0) is 26.0 Å². The first kappa shape index (κ1) is 16.7. The Hall–Kier alpha value is -1.39. The van der Waals surface area contributed by atoms with E-state index in [0.29, 0.717) is 5.56 Å². The summed E-state index contributed by atoms with van der Waals surface area (Å²) >= 11 is 0. The molecule has 0 fully saturated rings. The lowest BCUT2D eigenvalue weighted by molar-refractivity contribution is -0.265. The molecule has 110 valence electrons. The summed E-state index contributed by atoms with van der Waals surface area (Å²) in [6, 6.07) is 9.89. The first-order valence-electron chi connectivity index (χ1n) is 7.10. The Bertz CT molecular complexity index is 447. The van der Waals surface area contributed by atoms with Crippen LogP contribution in [0.25, 0.3) is 0 Å². The summed E-state index contributed by atoms with van der Waals surface area (Å²) in [6.45, 7) is 12.0. The topological polar surface area (TPSA) is 35.5 Å². The van der Waals surface area contributed by atoms with Gasteiger partial charge < -0.3 is 0 Å². The number of rotatable bonds is 7. The van der Waals surface area contributed by atoms with Gasteiger partial charge in [-0.25, -0.2) is 4.79 Å². The zero-order chi connectivity index (χ0) is 15.2. The second kappa shape index (κ2) is 7.41. The van der Waals surface area contributed by atoms with E-state index in [1.807, 2.05) is 26.0 Å². The molecule has 20 heavy (non-hydrogen) atoms. The average molecular weight is 292 g/mol. The molecule has 0 bridgehead atoms. The lowest BCUT2D eigenvalue weighted by atomic mass is 10.2. The Morgan fingerprint density at radius 1 is 1.25 bits per heavy atom. The first-order valence-corrected chi connectivity index (χ1v) is 9.60. The highest BCUT2D eigenvalue weighted by atomic mass is 28.3. The molecule has 4 heteroatoms. The molecule has 0 spiro atoms. The van der Waals surface area contributed by atoms with Crippen LogP contribution in [-0.4, -0.2) is 20.1 Å². The maximum atomic E-state index is 11.8. The number of hydrogen-bond acceptors (Lipinski definition) is 3. The van der Waals surface area contributed by atoms with Gasteiger partial charge in [0.25, 0.3) is 0 Å². The van der Waals surface area contributed by atoms with Crippen LogP contribution in [0.15, 0.2) is 36.5 Å². The first-order chi connectivity index (χ1) is 9.49. The van der Waals surface area contributed by atoms with Crippen molar-refractivity contribution in [3.05, 3.63) is 42.1 Å². The second-order valence-corrected chi connectivity index (χ2v) is 9.87. The molecule has 0 aliphatic carbocycles. The van der Waals surface area contributed by atoms with Crippen LogP contribution >= 0.6 is 0 Å². The molecule has 0 amide bonds. The Morgan fingerprint density at radius 2 is 1.80 bits per heavy atom. The van der Waals surface area contributed by atoms with E-state index in [1.54, 1.807) is 12.1 Å². The lowest BCUT2D eigenvalue weighted by Gasteiger charge is -2.25. The molecule has 1 aromatic rings. The van der Waals surface area contributed by atoms with Gasteiger partial charge in [0, 0.05) is 0 Å². The van der Waals surface area contributed by atoms with Gasteiger partial charge in [-0.15, -0.1) is 6.58 Å². The number of benzene rings is 1. The molecular weight excluding hydrogens is 268 g/mol. The van der Waals surface area contributed by atoms with Crippen LogP contribution in [-0.2, 0) is 9.78 Å². The van der Waals surface area contributed by atoms with Gasteiger partial charge in [0.05, 0.1) is 11.7 Å². The van der Waals surface area contributed by atoms with Crippen LogP contribution in [0.1, 0.15) is 38.1 Å². The average Bonchev–Trinajstić information content (AvgIpc) is 2.48. The van der Waals surface area contributed by atoms with Gasteiger partial charge in [0.1, 0.15) is 8.07 Å². The highest BCUT2D eigenvalue weighted by Crippen LogP contribution is 2.17. The van der Waals surface area contributed by atoms with Crippen molar-refractivity contribution in [2.75, 3.05) is 0 Å². The van der Waals surface area contributed by atoms with E-state index in [0.717, 1.165) is 12.1 Å². The fourth-order valence-electron chi connectivity index (χ4n) is 2.19. The Morgan fingerprint density at radius 3 is 2.20 bits per heavy atom. The molecular formula is C16H24O3Si. The van der Waals surface area contributed by atoms with Crippen LogP contribution in [0, 0.1) is 0 Å². The van der Waals surface area contributed by atoms with E-state index in [-0.39, 0.29) is 6.10 Å². The van der Waals surface area contributed by atoms with Crippen molar-refractivity contribution in [1.29, 1.82) is 0 Å². The molecule has 0 aliphatic heterocycles. The monoisotopic (exact) mass is 292 g/mol. The minimum Gasteiger partial charge on any atom is -0.293 e. The van der Waals surface area contributed by atoms with Crippen LogP contribution in [0.3, 0.4) is 0 Å². The van der Waals surface area contributed by atoms with E-state index in [9.17, 15) is 4.79 Å². The second-order valence-electron chi connectivity index (χ2n) is 5.16. The summed E-state index contributed by atoms with van der Waals surface area (Å²) in [5, 5.41) is 1.30. The van der Waals surface area contributed by atoms with Crippen molar-refractivity contribution in [3.63, 3.8) is 0 Å². The van der Waals surface area contributed by atoms with E-state index >= 15 is 0 Å². The molecule has 0 saturated carbocycles. The van der Waals surface area contributed by atoms with Crippen molar-refractivity contribution in [1.82, 2.24) is 0 Å². The fraction of sp³-hybridized carbons (Fsp3) is 0.438. The maximum absolute atomic E-state index is 11.8. The zero-order valence-corrected chi connectivity index (χ0v) is 13.8. The van der Waals surface area contributed by atoms with Crippen molar-refractivity contribution in [3.8, 4) is 0 Å². The summed E-state index contributed by atoms with van der Waals surface area (Å²) < 4.78 is 0. The van der Waals surface area contributed by atoms with E-state index < -0.39 is 14.0 Å². The van der Waals surface area contributed by atoms with Gasteiger partial charge >= 0.3 is 5.97 Å². The third-order valence-electron chi connectivity index (χ3n) is 3.66. The van der Waals surface area contributed by atoms with Gasteiger partial charge in [-0.2, -0.15) is 4.89 Å². The van der Waals surface area contributed by atoms with Gasteiger partial charge in [-0.3, -0.25) is 4.89 Å². The third-order valence-corrected chi connectivity index (χ3v) is 8.45. The molecule has 0 saturated heterocycles. The van der Waals surface area contributed by atoms with Gasteiger partial charge in [0.2, 0.25) is 0 Å². The van der Waals surface area contributed by atoms with Crippen LogP contribution in [0.2, 0.25) is 12.1 Å². The highest BCUT2D eigenvalue weighted by molar-refractivity contribution is 6.95. The zero-order valence-electron chi connectivity index (χ0n) is 12.8. The maximum Gasteiger partial charge on any atom is 0.373 e. The fourth-order valence-corrected chi connectivity index (χ4v) is 5.15. The molecule has 0 N–H and O–H groups in total. The quantitative estimate of drug-likeness (QED) is 0.437. The molecule has 0 aliphatic rings. The largest absolute Gasteiger partial charge is 0.373 e. The van der Waals surface area contributed by atoms with E-state index in [2.05, 4.69) is 26.1 Å². The Kier molecular flexibility index (Phi) is 6.17. The van der Waals surface area contributed by atoms with E-state index in [4.69, 9.17) is 9.78 Å². The van der Waals surface area contributed by atoms with Crippen LogP contribution in [0.5, 0.6) is 0 Å². The predicted molar refractivity (Wildman–Crippen MR) is 84.6 cm³/mol. The summed E-state index contributed by atoms with van der Waals surface area (Å²) in [4.78, 5) is 21.4. The molecule has 0 heterocycles. The number of carbonyl (C=O) groups excluding carboxylic acids is 1. The summed E-state index contributed by atoms with van der Waals surface area (Å²) in [7, 11) is -1.61. The van der Waals surface area contributed by atoms with Crippen molar-refractivity contribution in [2.45, 2.75) is 45.9 Å². The van der Waals surface area contributed by atoms with Crippen molar-refractivity contribution < 1.29 is 14.6 Å². The summed E-state index contributed by atoms with van der Waals surface area (Å²) in [5.74, 6) is -0.455. The van der Waals surface area contributed by atoms with Crippen molar-refractivity contribution >= 4 is 19.2 Å². The molecule has 0 radical (unpaired) electrons. The molecule has 0 atom stereocenters. The smallest absolute Gasteiger partial charge is 0.293 e. The molecule has 3 nitrogen and oxygen atoms in total. The van der Waals surface area contributed by atoms with Gasteiger partial charge in [0.15, 0.2) is 0 Å². The number of hydrogen-bond donors (Lipinski definition) is 0. The van der Waals surface area contributed by atoms with Crippen LogP contribution in [0.4, 0.5) is 0 Å². The molecule has 1 aromatic carbocycles. The van der Waals surface area contributed by atoms with E-state index in [1.165, 1.54) is 5.19 Å². The SMILES string of the molecule is C=C[Si](CC)(CC)c1ccc(C(=O)OOC(C)C)cc1. The number of carbonyl (C=O) groups is 1. The summed E-state index contributed by atoms with van der Waals surface area (Å²) in [5.41, 5.74) is 2.64. The third kappa shape index (κ3) is 3.80. The predicted octanol–water partition coefficient (Wildman–Crippen LogP) is 3.60. The Labute approximate surface area is 122 Å². The molecule has 0 aromatic heterocycles. The Balaban J connectivity index is 2.88. The summed E-state index contributed by atoms with van der Waals surface area (Å²) in [6.07, 6.45) is -0.140. The minimum absolute atomic E-state index is 0.140. The lowest BCUT2D eigenvalue weighted by Crippen LogP contribution is -2.44. The molecule has 0 unspecified atom stereocenters. The van der Waals surface area contributed by atoms with Gasteiger partial charge in [-0.1, -0.05) is 49.0 Å². The highest BCUT2D eigenvalue weighted by Gasteiger charge is 2.27. The minimum atomic E-state index is -1.61. The standard InChI is InChI=1S/C16H24O3Si/c1-6-20(7-2,8-3)15-11-9-14(10-12-15)16(17)19-18-13(4)5/h6,9-13H,1,7-8H2,2-5H3. The van der Waals surface area contributed by atoms with Crippen molar-refractivity contribution in [2.24, 2.45) is 0 Å².